The summed E-state index contributed by atoms with van der Waals surface area (Å²) >= 11 is 13.4. The van der Waals surface area contributed by atoms with Gasteiger partial charge in [-0.05, 0) is 54.6 Å². The highest BCUT2D eigenvalue weighted by atomic mass is 35.5. The van der Waals surface area contributed by atoms with Crippen molar-refractivity contribution in [2.24, 2.45) is 4.99 Å². The molecule has 0 saturated carbocycles. The van der Waals surface area contributed by atoms with Gasteiger partial charge < -0.3 is 9.73 Å². The van der Waals surface area contributed by atoms with Crippen LogP contribution in [0.2, 0.25) is 10.0 Å². The summed E-state index contributed by atoms with van der Waals surface area (Å²) in [6, 6.07) is 12.7. The molecule has 1 fully saturated rings. The Kier molecular flexibility index (Phi) is 5.86. The van der Waals surface area contributed by atoms with Crippen LogP contribution in [0.5, 0.6) is 0 Å². The van der Waals surface area contributed by atoms with Crippen LogP contribution >= 0.6 is 35.0 Å². The van der Waals surface area contributed by atoms with Gasteiger partial charge in [0.15, 0.2) is 5.17 Å². The summed E-state index contributed by atoms with van der Waals surface area (Å²) < 4.78 is 5.75. The molecule has 1 aromatic heterocycles. The maximum Gasteiger partial charge on any atom is 0.270 e. The largest absolute Gasteiger partial charge is 0.457 e. The molecule has 0 unspecified atom stereocenters. The molecule has 156 valence electrons. The van der Waals surface area contributed by atoms with Gasteiger partial charge in [0, 0.05) is 28.8 Å². The third-order valence-electron chi connectivity index (χ3n) is 4.37. The van der Waals surface area contributed by atoms with Crippen LogP contribution in [0.1, 0.15) is 11.3 Å². The average molecular weight is 474 g/mol. The zero-order chi connectivity index (χ0) is 22.1. The van der Waals surface area contributed by atoms with E-state index in [4.69, 9.17) is 27.6 Å². The first kappa shape index (κ1) is 21.2. The number of aryl methyl sites for hydroxylation is 1. The molecule has 0 spiro atoms. The van der Waals surface area contributed by atoms with E-state index < -0.39 is 4.92 Å². The average Bonchev–Trinajstić information content (AvgIpc) is 3.32. The van der Waals surface area contributed by atoms with Crippen molar-refractivity contribution in [3.8, 4) is 11.3 Å². The zero-order valence-corrected chi connectivity index (χ0v) is 18.2. The van der Waals surface area contributed by atoms with Gasteiger partial charge in [-0.3, -0.25) is 14.9 Å². The molecule has 0 bridgehead atoms. The third kappa shape index (κ3) is 4.66. The lowest BCUT2D eigenvalue weighted by molar-refractivity contribution is -0.384. The highest BCUT2D eigenvalue weighted by Crippen LogP contribution is 2.35. The molecule has 1 aliphatic rings. The van der Waals surface area contributed by atoms with Gasteiger partial charge in [-0.1, -0.05) is 29.3 Å². The fourth-order valence-corrected chi connectivity index (χ4v) is 4.00. The van der Waals surface area contributed by atoms with Crippen molar-refractivity contribution < 1.29 is 14.1 Å². The SMILES string of the molecule is Cc1ccc(Cl)cc1N=C1NC(=O)/C(=C/c2ccc(-c3cc([N+](=O)[O-])ccc3Cl)o2)S1. The van der Waals surface area contributed by atoms with Crippen molar-refractivity contribution in [2.45, 2.75) is 6.92 Å². The zero-order valence-electron chi connectivity index (χ0n) is 15.9. The number of benzene rings is 2. The van der Waals surface area contributed by atoms with Crippen LogP contribution in [0, 0.1) is 17.0 Å². The van der Waals surface area contributed by atoms with Crippen LogP contribution in [0.15, 0.2) is 62.8 Å². The van der Waals surface area contributed by atoms with Crippen LogP contribution in [-0.4, -0.2) is 16.0 Å². The molecule has 1 amide bonds. The summed E-state index contributed by atoms with van der Waals surface area (Å²) in [4.78, 5) is 27.7. The van der Waals surface area contributed by atoms with Gasteiger partial charge in [0.1, 0.15) is 11.5 Å². The van der Waals surface area contributed by atoms with Gasteiger partial charge in [0.05, 0.1) is 20.5 Å². The molecule has 4 rings (SSSR count). The van der Waals surface area contributed by atoms with E-state index in [1.165, 1.54) is 30.0 Å². The number of amides is 1. The maximum absolute atomic E-state index is 12.3. The van der Waals surface area contributed by atoms with E-state index in [0.717, 1.165) is 5.56 Å². The molecular weight excluding hydrogens is 461 g/mol. The minimum atomic E-state index is -0.506. The van der Waals surface area contributed by atoms with Crippen molar-refractivity contribution in [3.63, 3.8) is 0 Å². The van der Waals surface area contributed by atoms with Crippen molar-refractivity contribution in [2.75, 3.05) is 0 Å². The van der Waals surface area contributed by atoms with Gasteiger partial charge in [0.2, 0.25) is 0 Å². The van der Waals surface area contributed by atoms with Crippen molar-refractivity contribution in [1.29, 1.82) is 0 Å². The van der Waals surface area contributed by atoms with Crippen LogP contribution in [0.3, 0.4) is 0 Å². The van der Waals surface area contributed by atoms with Gasteiger partial charge >= 0.3 is 0 Å². The normalized spacial score (nSPS) is 16.2. The van der Waals surface area contributed by atoms with E-state index in [1.807, 2.05) is 13.0 Å². The highest BCUT2D eigenvalue weighted by Gasteiger charge is 2.25. The van der Waals surface area contributed by atoms with Crippen LogP contribution < -0.4 is 5.32 Å². The van der Waals surface area contributed by atoms with Gasteiger partial charge in [-0.15, -0.1) is 0 Å². The minimum Gasteiger partial charge on any atom is -0.457 e. The van der Waals surface area contributed by atoms with Crippen molar-refractivity contribution >= 4 is 63.5 Å². The van der Waals surface area contributed by atoms with Crippen molar-refractivity contribution in [3.05, 3.63) is 84.9 Å². The number of halogens is 2. The summed E-state index contributed by atoms with van der Waals surface area (Å²) in [5.41, 5.74) is 1.88. The molecule has 1 aliphatic heterocycles. The van der Waals surface area contributed by atoms with Gasteiger partial charge in [0.25, 0.3) is 11.6 Å². The lowest BCUT2D eigenvalue weighted by Crippen LogP contribution is -2.19. The molecule has 0 radical (unpaired) electrons. The number of hydrogen-bond donors (Lipinski definition) is 1. The number of aliphatic imine (C=N–C) groups is 1. The molecule has 3 aromatic rings. The molecule has 1 N–H and O–H groups in total. The highest BCUT2D eigenvalue weighted by molar-refractivity contribution is 8.18. The van der Waals surface area contributed by atoms with Gasteiger partial charge in [-0.2, -0.15) is 0 Å². The molecule has 31 heavy (non-hydrogen) atoms. The molecule has 10 heteroatoms. The standard InChI is InChI=1S/C21H13Cl2N3O4S/c1-11-2-3-12(22)8-17(11)24-21-25-20(27)19(31-21)10-14-5-7-18(30-14)15-9-13(26(28)29)4-6-16(15)23/h2-10H,1H3,(H,24,25,27)/b19-10-. The van der Waals surface area contributed by atoms with E-state index in [1.54, 1.807) is 30.3 Å². The first-order valence-corrected chi connectivity index (χ1v) is 10.5. The van der Waals surface area contributed by atoms with Crippen molar-refractivity contribution in [1.82, 2.24) is 5.32 Å². The number of nitro groups is 1. The van der Waals surface area contributed by atoms with E-state index >= 15 is 0 Å². The Morgan fingerprint density at radius 1 is 1.16 bits per heavy atom. The topological polar surface area (TPSA) is 97.7 Å². The molecule has 2 aromatic carbocycles. The summed E-state index contributed by atoms with van der Waals surface area (Å²) in [6.07, 6.45) is 1.57. The van der Waals surface area contributed by atoms with Gasteiger partial charge in [-0.25, -0.2) is 4.99 Å². The Balaban J connectivity index is 1.59. The molecule has 2 heterocycles. The second-order valence-corrected chi connectivity index (χ2v) is 8.41. The fourth-order valence-electron chi connectivity index (χ4n) is 2.81. The summed E-state index contributed by atoms with van der Waals surface area (Å²) in [7, 11) is 0. The van der Waals surface area contributed by atoms with E-state index in [0.29, 0.717) is 42.9 Å². The van der Waals surface area contributed by atoms with E-state index in [2.05, 4.69) is 10.3 Å². The quantitative estimate of drug-likeness (QED) is 0.270. The number of non-ortho nitro benzene ring substituents is 1. The number of thioether (sulfide) groups is 1. The second kappa shape index (κ2) is 8.58. The lowest BCUT2D eigenvalue weighted by Gasteiger charge is -2.01. The molecule has 7 nitrogen and oxygen atoms in total. The predicted molar refractivity (Wildman–Crippen MR) is 123 cm³/mol. The van der Waals surface area contributed by atoms with Crippen LogP contribution in [0.4, 0.5) is 11.4 Å². The number of carbonyl (C=O) groups is 1. The smallest absolute Gasteiger partial charge is 0.270 e. The Labute approximate surface area is 190 Å². The van der Waals surface area contributed by atoms with Crippen LogP contribution in [0.25, 0.3) is 17.4 Å². The molecule has 0 atom stereocenters. The number of rotatable bonds is 4. The first-order chi connectivity index (χ1) is 14.8. The number of hydrogen-bond acceptors (Lipinski definition) is 6. The number of amidine groups is 1. The Morgan fingerprint density at radius 2 is 1.97 bits per heavy atom. The number of nitrogens with zero attached hydrogens (tertiary/aromatic N) is 2. The third-order valence-corrected chi connectivity index (χ3v) is 5.84. The summed E-state index contributed by atoms with van der Waals surface area (Å²) in [5.74, 6) is 0.442. The Bertz CT molecular complexity index is 1280. The number of nitro benzene ring substituents is 1. The fraction of sp³-hybridized carbons (Fsp3) is 0.0476. The summed E-state index contributed by atoms with van der Waals surface area (Å²) in [5, 5.41) is 15.0. The monoisotopic (exact) mass is 473 g/mol. The first-order valence-electron chi connectivity index (χ1n) is 8.90. The number of nitrogens with one attached hydrogen (secondary N) is 1. The predicted octanol–water partition coefficient (Wildman–Crippen LogP) is 6.36. The number of carbonyl (C=O) groups excluding carboxylic acids is 1. The second-order valence-electron chi connectivity index (χ2n) is 6.54. The van der Waals surface area contributed by atoms with E-state index in [-0.39, 0.29) is 11.6 Å². The molecule has 0 aliphatic carbocycles. The Morgan fingerprint density at radius 3 is 2.74 bits per heavy atom. The Hall–Kier alpha value is -3.07. The maximum atomic E-state index is 12.3. The summed E-state index contributed by atoms with van der Waals surface area (Å²) in [6.45, 7) is 1.90. The van der Waals surface area contributed by atoms with Crippen LogP contribution in [-0.2, 0) is 4.79 Å². The minimum absolute atomic E-state index is 0.0985. The van der Waals surface area contributed by atoms with E-state index in [9.17, 15) is 14.9 Å². The molecule has 1 saturated heterocycles. The number of furan rings is 1. The molecular formula is C21H13Cl2N3O4S. The lowest BCUT2D eigenvalue weighted by atomic mass is 10.1.